The Hall–Kier alpha value is -1.75. The molecule has 2 rings (SSSR count). The lowest BCUT2D eigenvalue weighted by molar-refractivity contribution is 0.355. The molecule has 21 heavy (non-hydrogen) atoms. The Morgan fingerprint density at radius 2 is 1.86 bits per heavy atom. The van der Waals surface area contributed by atoms with E-state index in [2.05, 4.69) is 18.4 Å². The number of fused-ring (bicyclic) bond motifs is 1. The average Bonchev–Trinajstić information content (AvgIpc) is 2.82. The first-order valence-electron chi connectivity index (χ1n) is 7.51. The highest BCUT2D eigenvalue weighted by molar-refractivity contribution is 5.80. The number of nitrogens with zero attached hydrogens (tertiary/aromatic N) is 2. The minimum atomic E-state index is 0.131. The molecule has 0 aliphatic rings. The molecule has 1 unspecified atom stereocenters. The second-order valence-electron chi connectivity index (χ2n) is 5.25. The Labute approximate surface area is 126 Å². The molecule has 0 bridgehead atoms. The predicted molar refractivity (Wildman–Crippen MR) is 85.1 cm³/mol. The third-order valence-electron chi connectivity index (χ3n) is 3.75. The van der Waals surface area contributed by atoms with Gasteiger partial charge in [0.15, 0.2) is 11.5 Å². The lowest BCUT2D eigenvalue weighted by Crippen LogP contribution is -2.26. The van der Waals surface area contributed by atoms with Gasteiger partial charge < -0.3 is 19.8 Å². The third-order valence-corrected chi connectivity index (χ3v) is 3.75. The van der Waals surface area contributed by atoms with Crippen LogP contribution in [0, 0.1) is 0 Å². The zero-order valence-corrected chi connectivity index (χ0v) is 13.3. The Balaban J connectivity index is 2.58. The van der Waals surface area contributed by atoms with Crippen LogP contribution in [0.1, 0.15) is 32.5 Å². The molecule has 5 nitrogen and oxygen atoms in total. The molecule has 0 fully saturated rings. The molecule has 0 amide bonds. The molecule has 1 aromatic carbocycles. The third kappa shape index (κ3) is 3.13. The summed E-state index contributed by atoms with van der Waals surface area (Å²) in [5, 5.41) is 0. The maximum Gasteiger partial charge on any atom is 0.163 e. The maximum atomic E-state index is 6.14. The Morgan fingerprint density at radius 1 is 1.19 bits per heavy atom. The smallest absolute Gasteiger partial charge is 0.163 e. The van der Waals surface area contributed by atoms with Crippen molar-refractivity contribution in [3.05, 3.63) is 18.0 Å². The first kappa shape index (κ1) is 15.6. The molecule has 0 radical (unpaired) electrons. The molecule has 1 atom stereocenters. The van der Waals surface area contributed by atoms with Crippen molar-refractivity contribution in [2.45, 2.75) is 45.7 Å². The second-order valence-corrected chi connectivity index (χ2v) is 5.25. The summed E-state index contributed by atoms with van der Waals surface area (Å²) in [5.41, 5.74) is 8.13. The standard InChI is InChI=1S/C16H25N3O2/c1-5-7-16-18-12-8-14(20-3)15(21-4)9-13(12)19(16)10-11(17)6-2/h8-9,11H,5-7,10,17H2,1-4H3. The van der Waals surface area contributed by atoms with Crippen molar-refractivity contribution in [3.8, 4) is 11.5 Å². The summed E-state index contributed by atoms with van der Waals surface area (Å²) < 4.78 is 13.0. The van der Waals surface area contributed by atoms with Crippen molar-refractivity contribution in [1.82, 2.24) is 9.55 Å². The van der Waals surface area contributed by atoms with Crippen molar-refractivity contribution in [2.75, 3.05) is 14.2 Å². The molecule has 0 saturated carbocycles. The zero-order valence-electron chi connectivity index (χ0n) is 13.3. The topological polar surface area (TPSA) is 62.3 Å². The van der Waals surface area contributed by atoms with Crippen LogP contribution in [0.5, 0.6) is 11.5 Å². The molecule has 5 heteroatoms. The number of ether oxygens (including phenoxy) is 2. The van der Waals surface area contributed by atoms with E-state index in [1.54, 1.807) is 14.2 Å². The van der Waals surface area contributed by atoms with Gasteiger partial charge in [-0.25, -0.2) is 4.98 Å². The van der Waals surface area contributed by atoms with E-state index in [1.807, 2.05) is 12.1 Å². The summed E-state index contributed by atoms with van der Waals surface area (Å²) in [7, 11) is 3.29. The van der Waals surface area contributed by atoms with Crippen LogP contribution in [0.2, 0.25) is 0 Å². The van der Waals surface area contributed by atoms with Gasteiger partial charge in [0.1, 0.15) is 5.82 Å². The van der Waals surface area contributed by atoms with Crippen LogP contribution >= 0.6 is 0 Å². The first-order valence-corrected chi connectivity index (χ1v) is 7.51. The van der Waals surface area contributed by atoms with E-state index in [1.165, 1.54) is 0 Å². The summed E-state index contributed by atoms with van der Waals surface area (Å²) in [5.74, 6) is 2.50. The number of rotatable bonds is 7. The van der Waals surface area contributed by atoms with E-state index in [0.717, 1.165) is 48.4 Å². The van der Waals surface area contributed by atoms with Crippen molar-refractivity contribution in [1.29, 1.82) is 0 Å². The van der Waals surface area contributed by atoms with Crippen LogP contribution in [0.25, 0.3) is 11.0 Å². The number of hydrogen-bond acceptors (Lipinski definition) is 4. The molecule has 1 heterocycles. The van der Waals surface area contributed by atoms with E-state index in [0.29, 0.717) is 5.75 Å². The van der Waals surface area contributed by atoms with Gasteiger partial charge in [-0.15, -0.1) is 0 Å². The number of benzene rings is 1. The van der Waals surface area contributed by atoms with E-state index >= 15 is 0 Å². The lowest BCUT2D eigenvalue weighted by Gasteiger charge is -2.14. The normalized spacial score (nSPS) is 12.6. The van der Waals surface area contributed by atoms with Gasteiger partial charge in [-0.3, -0.25) is 0 Å². The number of aromatic nitrogens is 2. The molecule has 1 aromatic heterocycles. The van der Waals surface area contributed by atoms with Gasteiger partial charge in [0.25, 0.3) is 0 Å². The Kier molecular flexibility index (Phi) is 5.07. The molecule has 0 spiro atoms. The average molecular weight is 291 g/mol. The number of hydrogen-bond donors (Lipinski definition) is 1. The highest BCUT2D eigenvalue weighted by Gasteiger charge is 2.16. The molecule has 0 aliphatic carbocycles. The van der Waals surface area contributed by atoms with Gasteiger partial charge in [-0.2, -0.15) is 0 Å². The monoisotopic (exact) mass is 291 g/mol. The summed E-state index contributed by atoms with van der Waals surface area (Å²) in [6.07, 6.45) is 2.94. The molecule has 0 saturated heterocycles. The van der Waals surface area contributed by atoms with Crippen molar-refractivity contribution in [2.24, 2.45) is 5.73 Å². The van der Waals surface area contributed by atoms with Crippen LogP contribution in [0.15, 0.2) is 12.1 Å². The summed E-state index contributed by atoms with van der Waals surface area (Å²) in [6.45, 7) is 5.04. The van der Waals surface area contributed by atoms with E-state index < -0.39 is 0 Å². The van der Waals surface area contributed by atoms with Crippen molar-refractivity contribution >= 4 is 11.0 Å². The fraction of sp³-hybridized carbons (Fsp3) is 0.562. The lowest BCUT2D eigenvalue weighted by atomic mass is 10.2. The number of nitrogens with two attached hydrogens (primary N) is 1. The van der Waals surface area contributed by atoms with Crippen molar-refractivity contribution < 1.29 is 9.47 Å². The number of methoxy groups -OCH3 is 2. The summed E-state index contributed by atoms with van der Waals surface area (Å²) in [4.78, 5) is 4.75. The quantitative estimate of drug-likeness (QED) is 0.852. The van der Waals surface area contributed by atoms with E-state index in [-0.39, 0.29) is 6.04 Å². The van der Waals surface area contributed by atoms with Crippen LogP contribution in [0.3, 0.4) is 0 Å². The predicted octanol–water partition coefficient (Wildman–Crippen LogP) is 2.74. The maximum absolute atomic E-state index is 6.14. The van der Waals surface area contributed by atoms with Crippen LogP contribution in [0.4, 0.5) is 0 Å². The summed E-state index contributed by atoms with van der Waals surface area (Å²) >= 11 is 0. The van der Waals surface area contributed by atoms with Gasteiger partial charge in [-0.1, -0.05) is 13.8 Å². The molecule has 2 aromatic rings. The van der Waals surface area contributed by atoms with Crippen LogP contribution in [-0.4, -0.2) is 29.8 Å². The molecular weight excluding hydrogens is 266 g/mol. The largest absolute Gasteiger partial charge is 0.493 e. The van der Waals surface area contributed by atoms with Gasteiger partial charge in [0.05, 0.1) is 25.3 Å². The minimum absolute atomic E-state index is 0.131. The van der Waals surface area contributed by atoms with Gasteiger partial charge >= 0.3 is 0 Å². The fourth-order valence-electron chi connectivity index (χ4n) is 2.48. The SMILES string of the molecule is CCCc1nc2cc(OC)c(OC)cc2n1CC(N)CC. The van der Waals surface area contributed by atoms with Crippen LogP contribution < -0.4 is 15.2 Å². The fourth-order valence-corrected chi connectivity index (χ4v) is 2.48. The van der Waals surface area contributed by atoms with E-state index in [9.17, 15) is 0 Å². The second kappa shape index (κ2) is 6.80. The van der Waals surface area contributed by atoms with Crippen molar-refractivity contribution in [3.63, 3.8) is 0 Å². The Morgan fingerprint density at radius 3 is 2.43 bits per heavy atom. The van der Waals surface area contributed by atoms with Gasteiger partial charge in [0.2, 0.25) is 0 Å². The van der Waals surface area contributed by atoms with Gasteiger partial charge in [-0.05, 0) is 12.8 Å². The highest BCUT2D eigenvalue weighted by atomic mass is 16.5. The molecule has 116 valence electrons. The molecular formula is C16H25N3O2. The van der Waals surface area contributed by atoms with Crippen LogP contribution in [-0.2, 0) is 13.0 Å². The first-order chi connectivity index (χ1) is 10.1. The summed E-state index contributed by atoms with van der Waals surface area (Å²) in [6, 6.07) is 4.05. The zero-order chi connectivity index (χ0) is 15.4. The van der Waals surface area contributed by atoms with E-state index in [4.69, 9.17) is 20.2 Å². The minimum Gasteiger partial charge on any atom is -0.493 e. The molecule has 0 aliphatic heterocycles. The highest BCUT2D eigenvalue weighted by Crippen LogP contribution is 2.32. The van der Waals surface area contributed by atoms with Gasteiger partial charge in [0, 0.05) is 31.1 Å². The Bertz CT molecular complexity index is 607. The number of imidazole rings is 1. The molecule has 2 N–H and O–H groups in total. The number of aryl methyl sites for hydroxylation is 1.